The first-order chi connectivity index (χ1) is 8.72. The Morgan fingerprint density at radius 2 is 2.22 bits per heavy atom. The van der Waals surface area contributed by atoms with Gasteiger partial charge in [-0.3, -0.25) is 4.98 Å². The normalized spacial score (nSPS) is 12.8. The zero-order valence-corrected chi connectivity index (χ0v) is 10.4. The summed E-state index contributed by atoms with van der Waals surface area (Å²) in [5.74, 6) is -0.245. The molecule has 0 fully saturated rings. The summed E-state index contributed by atoms with van der Waals surface area (Å²) >= 11 is 0. The first-order valence-corrected chi connectivity index (χ1v) is 6.08. The van der Waals surface area contributed by atoms with E-state index < -0.39 is 0 Å². The smallest absolute Gasteiger partial charge is 0.132 e. The van der Waals surface area contributed by atoms with E-state index in [2.05, 4.69) is 10.3 Å². The van der Waals surface area contributed by atoms with Gasteiger partial charge < -0.3 is 10.4 Å². The van der Waals surface area contributed by atoms with Crippen LogP contribution in [0.4, 0.5) is 4.39 Å². The minimum Gasteiger partial charge on any atom is -0.396 e. The van der Waals surface area contributed by atoms with Crippen LogP contribution in [-0.4, -0.2) is 22.7 Å². The van der Waals surface area contributed by atoms with E-state index in [1.807, 2.05) is 6.92 Å². The van der Waals surface area contributed by atoms with Gasteiger partial charge in [0.2, 0.25) is 0 Å². The summed E-state index contributed by atoms with van der Waals surface area (Å²) < 4.78 is 13.6. The predicted octanol–water partition coefficient (Wildman–Crippen LogP) is 2.23. The molecule has 0 radical (unpaired) electrons. The van der Waals surface area contributed by atoms with Gasteiger partial charge in [-0.15, -0.1) is 0 Å². The van der Waals surface area contributed by atoms with Crippen molar-refractivity contribution in [2.24, 2.45) is 0 Å². The number of fused-ring (bicyclic) bond motifs is 1. The molecule has 3 nitrogen and oxygen atoms in total. The second-order valence-corrected chi connectivity index (χ2v) is 4.40. The topological polar surface area (TPSA) is 45.1 Å². The number of benzene rings is 1. The lowest BCUT2D eigenvalue weighted by Crippen LogP contribution is -2.26. The van der Waals surface area contributed by atoms with E-state index in [0.717, 1.165) is 5.56 Å². The van der Waals surface area contributed by atoms with Gasteiger partial charge >= 0.3 is 0 Å². The van der Waals surface area contributed by atoms with E-state index in [-0.39, 0.29) is 18.5 Å². The molecule has 0 unspecified atom stereocenters. The molecule has 0 bridgehead atoms. The number of nitrogens with one attached hydrogen (secondary N) is 1. The van der Waals surface area contributed by atoms with Crippen molar-refractivity contribution in [3.63, 3.8) is 0 Å². The molecular formula is C14H17FN2O. The number of rotatable bonds is 5. The van der Waals surface area contributed by atoms with Crippen molar-refractivity contribution in [1.29, 1.82) is 0 Å². The Labute approximate surface area is 106 Å². The molecule has 0 aliphatic heterocycles. The molecule has 96 valence electrons. The van der Waals surface area contributed by atoms with Gasteiger partial charge in [0.25, 0.3) is 0 Å². The van der Waals surface area contributed by atoms with Crippen LogP contribution in [0.1, 0.15) is 18.9 Å². The molecule has 18 heavy (non-hydrogen) atoms. The van der Waals surface area contributed by atoms with Crippen molar-refractivity contribution in [2.45, 2.75) is 25.9 Å². The van der Waals surface area contributed by atoms with Crippen molar-refractivity contribution < 1.29 is 9.50 Å². The fraction of sp³-hybridized carbons (Fsp3) is 0.357. The third-order valence-electron chi connectivity index (χ3n) is 3.00. The van der Waals surface area contributed by atoms with Gasteiger partial charge in [-0.25, -0.2) is 4.39 Å². The molecule has 0 saturated heterocycles. The number of aliphatic hydroxyl groups is 1. The van der Waals surface area contributed by atoms with Crippen LogP contribution in [-0.2, 0) is 6.54 Å². The first-order valence-electron chi connectivity index (χ1n) is 6.08. The number of nitrogens with zero attached hydrogens (tertiary/aromatic N) is 1. The molecule has 0 saturated carbocycles. The monoisotopic (exact) mass is 248 g/mol. The molecule has 1 atom stereocenters. The van der Waals surface area contributed by atoms with Crippen LogP contribution >= 0.6 is 0 Å². The zero-order valence-electron chi connectivity index (χ0n) is 10.4. The van der Waals surface area contributed by atoms with E-state index in [0.29, 0.717) is 23.9 Å². The summed E-state index contributed by atoms with van der Waals surface area (Å²) in [6, 6.07) is 6.91. The van der Waals surface area contributed by atoms with Crippen molar-refractivity contribution in [3.05, 3.63) is 41.8 Å². The zero-order chi connectivity index (χ0) is 13.0. The van der Waals surface area contributed by atoms with E-state index in [9.17, 15) is 4.39 Å². The maximum atomic E-state index is 13.6. The molecule has 1 heterocycles. The largest absolute Gasteiger partial charge is 0.396 e. The van der Waals surface area contributed by atoms with Gasteiger partial charge in [0.1, 0.15) is 5.82 Å². The molecule has 2 aromatic rings. The second-order valence-electron chi connectivity index (χ2n) is 4.40. The average Bonchev–Trinajstić information content (AvgIpc) is 2.39. The van der Waals surface area contributed by atoms with Crippen LogP contribution in [0.2, 0.25) is 0 Å². The van der Waals surface area contributed by atoms with Gasteiger partial charge in [0.05, 0.1) is 5.52 Å². The SMILES string of the molecule is C[C@H](CCO)NCc1ccc(F)c2cccnc12. The summed E-state index contributed by atoms with van der Waals surface area (Å²) in [5, 5.41) is 12.7. The molecule has 0 spiro atoms. The third-order valence-corrected chi connectivity index (χ3v) is 3.00. The van der Waals surface area contributed by atoms with E-state index in [1.165, 1.54) is 6.07 Å². The van der Waals surface area contributed by atoms with Crippen LogP contribution in [0, 0.1) is 5.82 Å². The Bertz CT molecular complexity index is 530. The lowest BCUT2D eigenvalue weighted by Gasteiger charge is -2.13. The molecule has 4 heteroatoms. The Morgan fingerprint density at radius 3 is 3.00 bits per heavy atom. The van der Waals surface area contributed by atoms with Gasteiger partial charge in [-0.1, -0.05) is 6.07 Å². The molecular weight excluding hydrogens is 231 g/mol. The summed E-state index contributed by atoms with van der Waals surface area (Å²) in [5.41, 5.74) is 1.66. The Morgan fingerprint density at radius 1 is 1.39 bits per heavy atom. The van der Waals surface area contributed by atoms with Crippen LogP contribution in [0.15, 0.2) is 30.5 Å². The maximum absolute atomic E-state index is 13.6. The summed E-state index contributed by atoms with van der Waals surface area (Å²) in [7, 11) is 0. The quantitative estimate of drug-likeness (QED) is 0.853. The van der Waals surface area contributed by atoms with Crippen molar-refractivity contribution in [2.75, 3.05) is 6.61 Å². The Balaban J connectivity index is 2.21. The minimum atomic E-state index is -0.245. The number of aromatic nitrogens is 1. The number of pyridine rings is 1. The maximum Gasteiger partial charge on any atom is 0.132 e. The van der Waals surface area contributed by atoms with Gasteiger partial charge in [0, 0.05) is 30.8 Å². The molecule has 2 N–H and O–H groups in total. The fourth-order valence-corrected chi connectivity index (χ4v) is 1.92. The number of hydrogen-bond donors (Lipinski definition) is 2. The van der Waals surface area contributed by atoms with Gasteiger partial charge in [-0.2, -0.15) is 0 Å². The number of hydrogen-bond acceptors (Lipinski definition) is 3. The highest BCUT2D eigenvalue weighted by molar-refractivity contribution is 5.82. The molecule has 1 aromatic carbocycles. The lowest BCUT2D eigenvalue weighted by molar-refractivity contribution is 0.269. The molecule has 0 aliphatic rings. The minimum absolute atomic E-state index is 0.163. The highest BCUT2D eigenvalue weighted by atomic mass is 19.1. The van der Waals surface area contributed by atoms with E-state index >= 15 is 0 Å². The summed E-state index contributed by atoms with van der Waals surface area (Å²) in [4.78, 5) is 4.24. The highest BCUT2D eigenvalue weighted by Gasteiger charge is 2.07. The van der Waals surface area contributed by atoms with E-state index in [1.54, 1.807) is 24.4 Å². The third kappa shape index (κ3) is 2.83. The van der Waals surface area contributed by atoms with Crippen LogP contribution < -0.4 is 5.32 Å². The average molecular weight is 248 g/mol. The van der Waals surface area contributed by atoms with Crippen LogP contribution in [0.3, 0.4) is 0 Å². The van der Waals surface area contributed by atoms with Crippen LogP contribution in [0.25, 0.3) is 10.9 Å². The van der Waals surface area contributed by atoms with E-state index in [4.69, 9.17) is 5.11 Å². The van der Waals surface area contributed by atoms with Gasteiger partial charge in [0.15, 0.2) is 0 Å². The Hall–Kier alpha value is -1.52. The number of halogens is 1. The standard InChI is InChI=1S/C14H17FN2O/c1-10(6-8-18)17-9-11-4-5-13(15)12-3-2-7-16-14(11)12/h2-5,7,10,17-18H,6,8-9H2,1H3/t10-/m1/s1. The Kier molecular flexibility index (Phi) is 4.23. The fourth-order valence-electron chi connectivity index (χ4n) is 1.92. The summed E-state index contributed by atoms with van der Waals surface area (Å²) in [6.07, 6.45) is 2.37. The second kappa shape index (κ2) is 5.89. The van der Waals surface area contributed by atoms with Gasteiger partial charge in [-0.05, 0) is 37.1 Å². The predicted molar refractivity (Wildman–Crippen MR) is 69.7 cm³/mol. The molecule has 2 rings (SSSR count). The lowest BCUT2D eigenvalue weighted by atomic mass is 10.1. The van der Waals surface area contributed by atoms with Crippen molar-refractivity contribution in [3.8, 4) is 0 Å². The van der Waals surface area contributed by atoms with Crippen LogP contribution in [0.5, 0.6) is 0 Å². The highest BCUT2D eigenvalue weighted by Crippen LogP contribution is 2.19. The first kappa shape index (κ1) is 12.9. The molecule has 0 aliphatic carbocycles. The summed E-state index contributed by atoms with van der Waals surface area (Å²) in [6.45, 7) is 2.79. The van der Waals surface area contributed by atoms with Crippen molar-refractivity contribution >= 4 is 10.9 Å². The van der Waals surface area contributed by atoms with Crippen molar-refractivity contribution in [1.82, 2.24) is 10.3 Å². The molecule has 1 aromatic heterocycles. The molecule has 0 amide bonds. The number of aliphatic hydroxyl groups excluding tert-OH is 1.